The number of carbonyl (C=O) groups excluding carboxylic acids is 1. The first-order valence-electron chi connectivity index (χ1n) is 5.00. The molecule has 1 aromatic rings. The van der Waals surface area contributed by atoms with E-state index >= 15 is 0 Å². The van der Waals surface area contributed by atoms with Crippen LogP contribution in [0.1, 0.15) is 12.8 Å². The number of rotatable bonds is 6. The molecule has 0 spiro atoms. The quantitative estimate of drug-likeness (QED) is 0.200. The number of hydrazine groups is 1. The average Bonchev–Trinajstić information content (AvgIpc) is 2.34. The fourth-order valence-electron chi connectivity index (χ4n) is 1.16. The topological polar surface area (TPSA) is 98.3 Å². The summed E-state index contributed by atoms with van der Waals surface area (Å²) in [6, 6.07) is 6.33. The molecule has 1 rings (SSSR count). The number of nitrogens with two attached hydrogens (primary N) is 1. The fourth-order valence-corrected chi connectivity index (χ4v) is 2.01. The van der Waals surface area contributed by atoms with Gasteiger partial charge < -0.3 is 0 Å². The van der Waals surface area contributed by atoms with E-state index in [4.69, 9.17) is 5.84 Å². The van der Waals surface area contributed by atoms with Gasteiger partial charge in [0.1, 0.15) is 0 Å². The van der Waals surface area contributed by atoms with Crippen LogP contribution in [0.4, 0.5) is 5.69 Å². The van der Waals surface area contributed by atoms with Crippen LogP contribution in [0.15, 0.2) is 29.2 Å². The third-order valence-electron chi connectivity index (χ3n) is 2.03. The van der Waals surface area contributed by atoms with Crippen LogP contribution in [-0.4, -0.2) is 16.6 Å². The maximum Gasteiger partial charge on any atom is 0.269 e. The number of nitro benzene ring substituents is 1. The summed E-state index contributed by atoms with van der Waals surface area (Å²) >= 11 is 1.55. The molecule has 6 nitrogen and oxygen atoms in total. The summed E-state index contributed by atoms with van der Waals surface area (Å²) in [5, 5.41) is 10.4. The minimum atomic E-state index is -0.431. The molecule has 0 bridgehead atoms. The highest BCUT2D eigenvalue weighted by Gasteiger charge is 2.04. The van der Waals surface area contributed by atoms with Crippen LogP contribution in [0.5, 0.6) is 0 Å². The molecule has 7 heteroatoms. The van der Waals surface area contributed by atoms with Crippen molar-refractivity contribution < 1.29 is 9.72 Å². The van der Waals surface area contributed by atoms with Crippen LogP contribution >= 0.6 is 11.8 Å². The molecule has 0 aliphatic rings. The molecule has 0 atom stereocenters. The average molecular weight is 255 g/mol. The smallest absolute Gasteiger partial charge is 0.269 e. The van der Waals surface area contributed by atoms with Gasteiger partial charge in [0.2, 0.25) is 5.91 Å². The van der Waals surface area contributed by atoms with Crippen LogP contribution in [0.25, 0.3) is 0 Å². The van der Waals surface area contributed by atoms with Gasteiger partial charge in [0.05, 0.1) is 4.92 Å². The number of nitro groups is 1. The van der Waals surface area contributed by atoms with Gasteiger partial charge in [0, 0.05) is 23.4 Å². The highest BCUT2D eigenvalue weighted by atomic mass is 32.2. The standard InChI is InChI=1S/C10H13N3O3S/c11-12-10(14)2-1-7-17-9-5-3-8(4-6-9)13(15)16/h3-6H,1-2,7,11H2,(H,12,14). The Morgan fingerprint density at radius 2 is 2.06 bits per heavy atom. The predicted molar refractivity (Wildman–Crippen MR) is 65.4 cm³/mol. The van der Waals surface area contributed by atoms with E-state index in [1.54, 1.807) is 23.9 Å². The summed E-state index contributed by atoms with van der Waals surface area (Å²) in [6.45, 7) is 0. The van der Waals surface area contributed by atoms with Gasteiger partial charge in [-0.3, -0.25) is 20.3 Å². The van der Waals surface area contributed by atoms with Gasteiger partial charge in [0.15, 0.2) is 0 Å². The molecule has 0 aliphatic heterocycles. The van der Waals surface area contributed by atoms with Crippen LogP contribution < -0.4 is 11.3 Å². The molecular formula is C10H13N3O3S. The van der Waals surface area contributed by atoms with Crippen molar-refractivity contribution in [3.8, 4) is 0 Å². The molecule has 0 saturated carbocycles. The van der Waals surface area contributed by atoms with E-state index < -0.39 is 4.92 Å². The Bertz CT molecular complexity index is 394. The second kappa shape index (κ2) is 6.87. The maximum absolute atomic E-state index is 10.8. The van der Waals surface area contributed by atoms with E-state index in [2.05, 4.69) is 5.43 Å². The Kier molecular flexibility index (Phi) is 5.44. The van der Waals surface area contributed by atoms with Crippen molar-refractivity contribution in [2.75, 3.05) is 5.75 Å². The number of nitrogens with zero attached hydrogens (tertiary/aromatic N) is 1. The van der Waals surface area contributed by atoms with Gasteiger partial charge in [-0.2, -0.15) is 0 Å². The second-order valence-corrected chi connectivity index (χ2v) is 4.44. The molecule has 0 unspecified atom stereocenters. The molecule has 0 fully saturated rings. The summed E-state index contributed by atoms with van der Waals surface area (Å²) in [5.74, 6) is 5.52. The van der Waals surface area contributed by atoms with Crippen molar-refractivity contribution in [3.63, 3.8) is 0 Å². The first-order valence-corrected chi connectivity index (χ1v) is 5.98. The van der Waals surface area contributed by atoms with Crippen molar-refractivity contribution in [1.82, 2.24) is 5.43 Å². The zero-order valence-electron chi connectivity index (χ0n) is 9.09. The van der Waals surface area contributed by atoms with Crippen LogP contribution in [0.3, 0.4) is 0 Å². The van der Waals surface area contributed by atoms with Crippen LogP contribution in [-0.2, 0) is 4.79 Å². The van der Waals surface area contributed by atoms with Gasteiger partial charge in [0.25, 0.3) is 5.69 Å². The minimum Gasteiger partial charge on any atom is -0.294 e. The lowest BCUT2D eigenvalue weighted by atomic mass is 10.3. The third kappa shape index (κ3) is 4.83. The van der Waals surface area contributed by atoms with Crippen LogP contribution in [0, 0.1) is 10.1 Å². The maximum atomic E-state index is 10.8. The van der Waals surface area contributed by atoms with Gasteiger partial charge in [-0.05, 0) is 24.3 Å². The number of amides is 1. The molecule has 1 aromatic carbocycles. The van der Waals surface area contributed by atoms with Crippen molar-refractivity contribution in [1.29, 1.82) is 0 Å². The molecule has 92 valence electrons. The van der Waals surface area contributed by atoms with Crippen molar-refractivity contribution in [2.24, 2.45) is 5.84 Å². The molecule has 1 amide bonds. The number of hydrogen-bond donors (Lipinski definition) is 2. The molecule has 3 N–H and O–H groups in total. The van der Waals surface area contributed by atoms with E-state index in [0.717, 1.165) is 10.6 Å². The summed E-state index contributed by atoms with van der Waals surface area (Å²) in [6.07, 6.45) is 1.10. The molecule has 0 aromatic heterocycles. The highest BCUT2D eigenvalue weighted by Crippen LogP contribution is 2.22. The Labute approximate surface area is 103 Å². The third-order valence-corrected chi connectivity index (χ3v) is 3.12. The van der Waals surface area contributed by atoms with Gasteiger partial charge in [-0.1, -0.05) is 0 Å². The first-order chi connectivity index (χ1) is 8.13. The molecule has 0 saturated heterocycles. The van der Waals surface area contributed by atoms with Gasteiger partial charge in [-0.15, -0.1) is 11.8 Å². The summed E-state index contributed by atoms with van der Waals surface area (Å²) < 4.78 is 0. The lowest BCUT2D eigenvalue weighted by Crippen LogP contribution is -2.29. The summed E-state index contributed by atoms with van der Waals surface area (Å²) in [4.78, 5) is 21.8. The molecule has 17 heavy (non-hydrogen) atoms. The number of nitrogens with one attached hydrogen (secondary N) is 1. The largest absolute Gasteiger partial charge is 0.294 e. The number of benzene rings is 1. The zero-order valence-corrected chi connectivity index (χ0v) is 9.90. The summed E-state index contributed by atoms with van der Waals surface area (Å²) in [5.41, 5.74) is 2.14. The number of hydrogen-bond acceptors (Lipinski definition) is 5. The molecule has 0 radical (unpaired) electrons. The summed E-state index contributed by atoms with van der Waals surface area (Å²) in [7, 11) is 0. The Hall–Kier alpha value is -1.60. The Balaban J connectivity index is 2.32. The Morgan fingerprint density at radius 3 is 2.59 bits per heavy atom. The van der Waals surface area contributed by atoms with Crippen molar-refractivity contribution in [3.05, 3.63) is 34.4 Å². The number of non-ortho nitro benzene ring substituents is 1. The first kappa shape index (κ1) is 13.5. The minimum absolute atomic E-state index is 0.0804. The van der Waals surface area contributed by atoms with Gasteiger partial charge >= 0.3 is 0 Å². The van der Waals surface area contributed by atoms with Gasteiger partial charge in [-0.25, -0.2) is 5.84 Å². The van der Waals surface area contributed by atoms with E-state index in [-0.39, 0.29) is 11.6 Å². The normalized spacial score (nSPS) is 9.94. The van der Waals surface area contributed by atoms with E-state index in [1.807, 2.05) is 0 Å². The van der Waals surface area contributed by atoms with E-state index in [9.17, 15) is 14.9 Å². The molecular weight excluding hydrogens is 242 g/mol. The SMILES string of the molecule is NNC(=O)CCCSc1ccc([N+](=O)[O-])cc1. The lowest BCUT2D eigenvalue weighted by molar-refractivity contribution is -0.384. The molecule has 0 heterocycles. The lowest BCUT2D eigenvalue weighted by Gasteiger charge is -2.01. The van der Waals surface area contributed by atoms with Crippen LogP contribution in [0.2, 0.25) is 0 Å². The monoisotopic (exact) mass is 255 g/mol. The fraction of sp³-hybridized carbons (Fsp3) is 0.300. The second-order valence-electron chi connectivity index (χ2n) is 3.27. The Morgan fingerprint density at radius 1 is 1.41 bits per heavy atom. The predicted octanol–water partition coefficient (Wildman–Crippen LogP) is 1.46. The van der Waals surface area contributed by atoms with E-state index in [0.29, 0.717) is 12.8 Å². The highest BCUT2D eigenvalue weighted by molar-refractivity contribution is 7.99. The van der Waals surface area contributed by atoms with Crippen molar-refractivity contribution in [2.45, 2.75) is 17.7 Å². The van der Waals surface area contributed by atoms with E-state index in [1.165, 1.54) is 12.1 Å². The zero-order chi connectivity index (χ0) is 12.7. The molecule has 0 aliphatic carbocycles. The number of thioether (sulfide) groups is 1. The number of carbonyl (C=O) groups is 1. The van der Waals surface area contributed by atoms with Crippen molar-refractivity contribution >= 4 is 23.4 Å².